The molecule has 1 atom stereocenters. The number of nitrogens with zero attached hydrogens (tertiary/aromatic N) is 1. The van der Waals surface area contributed by atoms with Crippen molar-refractivity contribution in [3.63, 3.8) is 0 Å². The summed E-state index contributed by atoms with van der Waals surface area (Å²) in [6.07, 6.45) is 0. The molecule has 0 fully saturated rings. The van der Waals surface area contributed by atoms with Gasteiger partial charge in [0.2, 0.25) is 0 Å². The second-order valence-corrected chi connectivity index (χ2v) is 5.77. The standard InChI is InChI=1S/C15H14N2OS/c1-11-7-12(9-16)5-6-13(11)10-19(18)15-4-2-3-14(17)8-15/h2-8H,10,17H2,1H3. The summed E-state index contributed by atoms with van der Waals surface area (Å²) in [4.78, 5) is 0.726. The second kappa shape index (κ2) is 5.68. The maximum atomic E-state index is 12.3. The minimum atomic E-state index is -1.13. The highest BCUT2D eigenvalue weighted by Crippen LogP contribution is 2.18. The van der Waals surface area contributed by atoms with E-state index in [-0.39, 0.29) is 0 Å². The van der Waals surface area contributed by atoms with Crippen LogP contribution in [0.4, 0.5) is 5.69 Å². The Hall–Kier alpha value is -2.12. The van der Waals surface area contributed by atoms with Gasteiger partial charge in [-0.05, 0) is 48.4 Å². The molecule has 2 aromatic carbocycles. The third-order valence-corrected chi connectivity index (χ3v) is 4.23. The van der Waals surface area contributed by atoms with Gasteiger partial charge in [-0.25, -0.2) is 0 Å². The molecule has 2 rings (SSSR count). The lowest BCUT2D eigenvalue weighted by Gasteiger charge is -2.07. The van der Waals surface area contributed by atoms with E-state index in [4.69, 9.17) is 11.0 Å². The zero-order valence-corrected chi connectivity index (χ0v) is 11.4. The van der Waals surface area contributed by atoms with Gasteiger partial charge in [0.05, 0.1) is 28.2 Å². The zero-order valence-electron chi connectivity index (χ0n) is 10.6. The van der Waals surface area contributed by atoms with Crippen LogP contribution >= 0.6 is 0 Å². The van der Waals surface area contributed by atoms with E-state index in [1.807, 2.05) is 25.1 Å². The lowest BCUT2D eigenvalue weighted by molar-refractivity contribution is 0.682. The molecule has 1 unspecified atom stereocenters. The molecular formula is C15H14N2OS. The molecule has 19 heavy (non-hydrogen) atoms. The molecule has 0 aliphatic rings. The van der Waals surface area contributed by atoms with Crippen molar-refractivity contribution < 1.29 is 4.21 Å². The van der Waals surface area contributed by atoms with Crippen LogP contribution in [0.2, 0.25) is 0 Å². The van der Waals surface area contributed by atoms with Crippen LogP contribution in [0.5, 0.6) is 0 Å². The second-order valence-electron chi connectivity index (χ2n) is 4.32. The van der Waals surface area contributed by atoms with Gasteiger partial charge in [-0.3, -0.25) is 4.21 Å². The van der Waals surface area contributed by atoms with Crippen LogP contribution in [0.1, 0.15) is 16.7 Å². The Kier molecular flexibility index (Phi) is 3.98. The maximum absolute atomic E-state index is 12.3. The van der Waals surface area contributed by atoms with Gasteiger partial charge in [-0.1, -0.05) is 12.1 Å². The first kappa shape index (κ1) is 13.3. The van der Waals surface area contributed by atoms with Crippen molar-refractivity contribution in [1.82, 2.24) is 0 Å². The summed E-state index contributed by atoms with van der Waals surface area (Å²) in [6.45, 7) is 1.92. The Morgan fingerprint density at radius 3 is 2.68 bits per heavy atom. The van der Waals surface area contributed by atoms with Gasteiger partial charge in [0, 0.05) is 10.6 Å². The molecule has 0 heterocycles. The Labute approximate surface area is 115 Å². The lowest BCUT2D eigenvalue weighted by atomic mass is 10.1. The minimum Gasteiger partial charge on any atom is -0.399 e. The fourth-order valence-corrected chi connectivity index (χ4v) is 3.08. The molecule has 2 aromatic rings. The van der Waals surface area contributed by atoms with Crippen molar-refractivity contribution in [3.8, 4) is 6.07 Å². The van der Waals surface area contributed by atoms with Gasteiger partial charge in [0.25, 0.3) is 0 Å². The van der Waals surface area contributed by atoms with Gasteiger partial charge in [-0.15, -0.1) is 0 Å². The average Bonchev–Trinajstić information content (AvgIpc) is 2.41. The van der Waals surface area contributed by atoms with Crippen LogP contribution in [0, 0.1) is 18.3 Å². The van der Waals surface area contributed by atoms with Crippen LogP contribution in [0.3, 0.4) is 0 Å². The molecule has 3 nitrogen and oxygen atoms in total. The molecular weight excluding hydrogens is 256 g/mol. The van der Waals surface area contributed by atoms with E-state index >= 15 is 0 Å². The zero-order chi connectivity index (χ0) is 13.8. The highest BCUT2D eigenvalue weighted by Gasteiger charge is 2.08. The van der Waals surface area contributed by atoms with Gasteiger partial charge in [0.1, 0.15) is 0 Å². The van der Waals surface area contributed by atoms with E-state index in [1.165, 1.54) is 0 Å². The molecule has 2 N–H and O–H groups in total. The molecule has 0 spiro atoms. The number of aryl methyl sites for hydroxylation is 1. The summed E-state index contributed by atoms with van der Waals surface area (Å²) in [6, 6.07) is 14.6. The minimum absolute atomic E-state index is 0.432. The fourth-order valence-electron chi connectivity index (χ4n) is 1.81. The molecule has 0 aliphatic heterocycles. The van der Waals surface area contributed by atoms with E-state index in [1.54, 1.807) is 24.3 Å². The van der Waals surface area contributed by atoms with Crippen molar-refractivity contribution in [2.45, 2.75) is 17.6 Å². The topological polar surface area (TPSA) is 66.9 Å². The molecule has 0 saturated heterocycles. The lowest BCUT2D eigenvalue weighted by Crippen LogP contribution is -1.99. The fraction of sp³-hybridized carbons (Fsp3) is 0.133. The Morgan fingerprint density at radius 2 is 2.05 bits per heavy atom. The largest absolute Gasteiger partial charge is 0.399 e. The van der Waals surface area contributed by atoms with Crippen molar-refractivity contribution in [3.05, 3.63) is 59.2 Å². The SMILES string of the molecule is Cc1cc(C#N)ccc1CS(=O)c1cccc(N)c1. The summed E-state index contributed by atoms with van der Waals surface area (Å²) in [5.74, 6) is 0.432. The summed E-state index contributed by atoms with van der Waals surface area (Å²) in [7, 11) is -1.13. The molecule has 0 aliphatic carbocycles. The molecule has 0 amide bonds. The number of nitriles is 1. The Morgan fingerprint density at radius 1 is 1.26 bits per heavy atom. The highest BCUT2D eigenvalue weighted by atomic mass is 32.2. The Bertz CT molecular complexity index is 674. The van der Waals surface area contributed by atoms with E-state index in [2.05, 4.69) is 6.07 Å². The van der Waals surface area contributed by atoms with E-state index in [0.717, 1.165) is 16.0 Å². The molecule has 4 heteroatoms. The number of hydrogen-bond acceptors (Lipinski definition) is 3. The van der Waals surface area contributed by atoms with Crippen LogP contribution in [0.15, 0.2) is 47.4 Å². The molecule has 0 saturated carbocycles. The number of hydrogen-bond donors (Lipinski definition) is 1. The Balaban J connectivity index is 2.22. The van der Waals surface area contributed by atoms with Crippen molar-refractivity contribution in [1.29, 1.82) is 5.26 Å². The maximum Gasteiger partial charge on any atom is 0.0991 e. The normalized spacial score (nSPS) is 11.8. The van der Waals surface area contributed by atoms with Crippen molar-refractivity contribution >= 4 is 16.5 Å². The first-order valence-corrected chi connectivity index (χ1v) is 7.15. The number of rotatable bonds is 3. The van der Waals surface area contributed by atoms with Crippen molar-refractivity contribution in [2.75, 3.05) is 5.73 Å². The van der Waals surface area contributed by atoms with Gasteiger partial charge in [-0.2, -0.15) is 5.26 Å². The summed E-state index contributed by atoms with van der Waals surface area (Å²) in [5.41, 5.74) is 8.89. The number of nitrogens with two attached hydrogens (primary N) is 1. The van der Waals surface area contributed by atoms with Gasteiger partial charge < -0.3 is 5.73 Å². The van der Waals surface area contributed by atoms with Gasteiger partial charge >= 0.3 is 0 Å². The first-order valence-electron chi connectivity index (χ1n) is 5.83. The van der Waals surface area contributed by atoms with E-state index < -0.39 is 10.8 Å². The molecule has 0 radical (unpaired) electrons. The first-order chi connectivity index (χ1) is 9.10. The third-order valence-electron chi connectivity index (χ3n) is 2.88. The highest BCUT2D eigenvalue weighted by molar-refractivity contribution is 7.84. The summed E-state index contributed by atoms with van der Waals surface area (Å²) >= 11 is 0. The third kappa shape index (κ3) is 3.21. The quantitative estimate of drug-likeness (QED) is 0.872. The number of benzene rings is 2. The van der Waals surface area contributed by atoms with E-state index in [9.17, 15) is 4.21 Å². The summed E-state index contributed by atoms with van der Waals surface area (Å²) < 4.78 is 12.3. The predicted molar refractivity (Wildman–Crippen MR) is 76.9 cm³/mol. The number of anilines is 1. The average molecular weight is 270 g/mol. The summed E-state index contributed by atoms with van der Waals surface area (Å²) in [5, 5.41) is 8.82. The molecule has 0 bridgehead atoms. The van der Waals surface area contributed by atoms with Crippen LogP contribution < -0.4 is 5.73 Å². The van der Waals surface area contributed by atoms with Crippen LogP contribution in [-0.2, 0) is 16.6 Å². The van der Waals surface area contributed by atoms with Crippen LogP contribution in [-0.4, -0.2) is 4.21 Å². The predicted octanol–water partition coefficient (Wildman–Crippen LogP) is 2.76. The molecule has 0 aromatic heterocycles. The van der Waals surface area contributed by atoms with E-state index in [0.29, 0.717) is 17.0 Å². The number of nitrogen functional groups attached to an aromatic ring is 1. The van der Waals surface area contributed by atoms with Crippen molar-refractivity contribution in [2.24, 2.45) is 0 Å². The van der Waals surface area contributed by atoms with Crippen LogP contribution in [0.25, 0.3) is 0 Å². The smallest absolute Gasteiger partial charge is 0.0991 e. The molecule has 96 valence electrons. The van der Waals surface area contributed by atoms with Gasteiger partial charge in [0.15, 0.2) is 0 Å². The monoisotopic (exact) mass is 270 g/mol.